The molecular formula is C11H12F2O2. The molecule has 0 aliphatic rings. The predicted molar refractivity (Wildman–Crippen MR) is 51.8 cm³/mol. The Hall–Kier alpha value is -1.29. The molecule has 0 aliphatic heterocycles. The number of Topliss-reactive ketones (excluding diaryl/α,β-unsaturated/α-hetero) is 1. The van der Waals surface area contributed by atoms with Gasteiger partial charge >= 0.3 is 0 Å². The maximum atomic E-state index is 13.2. The molecule has 0 heterocycles. The summed E-state index contributed by atoms with van der Waals surface area (Å²) in [6, 6.07) is 3.51. The summed E-state index contributed by atoms with van der Waals surface area (Å²) >= 11 is 0. The van der Waals surface area contributed by atoms with Crippen molar-refractivity contribution in [1.29, 1.82) is 0 Å². The number of carbonyl (C=O) groups is 1. The molecule has 1 aromatic carbocycles. The quantitative estimate of drug-likeness (QED) is 0.720. The molecule has 0 N–H and O–H groups in total. The van der Waals surface area contributed by atoms with Gasteiger partial charge < -0.3 is 4.74 Å². The third-order valence-electron chi connectivity index (χ3n) is 2.00. The highest BCUT2D eigenvalue weighted by Crippen LogP contribution is 2.14. The average molecular weight is 214 g/mol. The zero-order valence-electron chi connectivity index (χ0n) is 8.59. The number of benzene rings is 1. The monoisotopic (exact) mass is 214 g/mol. The van der Waals surface area contributed by atoms with Crippen LogP contribution in [0.3, 0.4) is 0 Å². The predicted octanol–water partition coefficient (Wildman–Crippen LogP) is 2.57. The Labute approximate surface area is 86.9 Å². The van der Waals surface area contributed by atoms with Crippen LogP contribution >= 0.6 is 0 Å². The lowest BCUT2D eigenvalue weighted by molar-refractivity contribution is 0.0516. The second-order valence-corrected chi connectivity index (χ2v) is 3.06. The van der Waals surface area contributed by atoms with Crippen molar-refractivity contribution in [1.82, 2.24) is 0 Å². The van der Waals surface area contributed by atoms with E-state index in [0.717, 1.165) is 6.07 Å². The first-order valence-corrected chi connectivity index (χ1v) is 4.67. The first-order chi connectivity index (χ1) is 7.07. The van der Waals surface area contributed by atoms with Gasteiger partial charge in [0.05, 0.1) is 5.56 Å². The second-order valence-electron chi connectivity index (χ2n) is 3.06. The zero-order chi connectivity index (χ0) is 11.4. The van der Waals surface area contributed by atoms with Crippen molar-refractivity contribution < 1.29 is 18.3 Å². The van der Waals surface area contributed by atoms with Crippen LogP contribution in [0.5, 0.6) is 0 Å². The second kappa shape index (κ2) is 4.98. The lowest BCUT2D eigenvalue weighted by Crippen LogP contribution is -2.22. The van der Waals surface area contributed by atoms with Crippen LogP contribution < -0.4 is 0 Å². The third-order valence-corrected chi connectivity index (χ3v) is 2.00. The Morgan fingerprint density at radius 1 is 1.47 bits per heavy atom. The molecule has 1 unspecified atom stereocenters. The first kappa shape index (κ1) is 11.8. The fourth-order valence-electron chi connectivity index (χ4n) is 1.24. The van der Waals surface area contributed by atoms with E-state index in [1.54, 1.807) is 6.92 Å². The van der Waals surface area contributed by atoms with E-state index < -0.39 is 23.5 Å². The van der Waals surface area contributed by atoms with Crippen LogP contribution in [-0.2, 0) is 4.74 Å². The normalized spacial score (nSPS) is 12.5. The largest absolute Gasteiger partial charge is 0.371 e. The van der Waals surface area contributed by atoms with E-state index in [-0.39, 0.29) is 5.56 Å². The number of carbonyl (C=O) groups excluding carboxylic acids is 1. The highest BCUT2D eigenvalue weighted by Gasteiger charge is 2.20. The van der Waals surface area contributed by atoms with Crippen LogP contribution in [0.15, 0.2) is 18.2 Å². The average Bonchev–Trinajstić information content (AvgIpc) is 2.21. The van der Waals surface area contributed by atoms with Crippen molar-refractivity contribution in [2.45, 2.75) is 20.0 Å². The number of hydrogen-bond donors (Lipinski definition) is 0. The van der Waals surface area contributed by atoms with E-state index in [1.165, 1.54) is 19.1 Å². The van der Waals surface area contributed by atoms with Crippen molar-refractivity contribution >= 4 is 5.78 Å². The Bertz CT molecular complexity index is 364. The molecule has 0 aliphatic carbocycles. The summed E-state index contributed by atoms with van der Waals surface area (Å²) in [5.74, 6) is -2.69. The van der Waals surface area contributed by atoms with Crippen LogP contribution in [0.4, 0.5) is 8.78 Å². The molecule has 1 rings (SSSR count). The molecule has 15 heavy (non-hydrogen) atoms. The Morgan fingerprint density at radius 2 is 2.13 bits per heavy atom. The molecule has 0 bridgehead atoms. The minimum atomic E-state index is -1.12. The van der Waals surface area contributed by atoms with Crippen LogP contribution in [-0.4, -0.2) is 18.5 Å². The summed E-state index contributed by atoms with van der Waals surface area (Å²) in [6.45, 7) is 3.59. The summed E-state index contributed by atoms with van der Waals surface area (Å²) in [5.41, 5.74) is -0.268. The van der Waals surface area contributed by atoms with Gasteiger partial charge in [-0.25, -0.2) is 8.78 Å². The third kappa shape index (κ3) is 2.59. The number of rotatable bonds is 4. The maximum absolute atomic E-state index is 13.2. The Balaban J connectivity index is 2.96. The van der Waals surface area contributed by atoms with Crippen LogP contribution in [0.2, 0.25) is 0 Å². The molecule has 1 atom stereocenters. The van der Waals surface area contributed by atoms with E-state index in [9.17, 15) is 13.6 Å². The standard InChI is InChI=1S/C11H12F2O2/c1-3-15-7(2)11(14)8-5-4-6-9(12)10(8)13/h4-7H,3H2,1-2H3. The molecule has 82 valence electrons. The molecule has 2 nitrogen and oxygen atoms in total. The van der Waals surface area contributed by atoms with Gasteiger partial charge in [-0.2, -0.15) is 0 Å². The highest BCUT2D eigenvalue weighted by atomic mass is 19.2. The lowest BCUT2D eigenvalue weighted by Gasteiger charge is -2.10. The fraction of sp³-hybridized carbons (Fsp3) is 0.364. The molecule has 0 radical (unpaired) electrons. The van der Waals surface area contributed by atoms with Crippen LogP contribution in [0, 0.1) is 11.6 Å². The van der Waals surface area contributed by atoms with Gasteiger partial charge in [-0.1, -0.05) is 6.07 Å². The summed E-state index contributed by atoms with van der Waals surface area (Å²) in [6.07, 6.45) is -0.758. The van der Waals surface area contributed by atoms with E-state index in [4.69, 9.17) is 4.74 Å². The number of hydrogen-bond acceptors (Lipinski definition) is 2. The zero-order valence-corrected chi connectivity index (χ0v) is 8.59. The van der Waals surface area contributed by atoms with Gasteiger partial charge in [0.1, 0.15) is 6.10 Å². The summed E-state index contributed by atoms with van der Waals surface area (Å²) < 4.78 is 31.0. The Morgan fingerprint density at radius 3 is 2.73 bits per heavy atom. The molecule has 0 fully saturated rings. The van der Waals surface area contributed by atoms with Crippen molar-refractivity contribution in [3.8, 4) is 0 Å². The summed E-state index contributed by atoms with van der Waals surface area (Å²) in [4.78, 5) is 11.6. The van der Waals surface area contributed by atoms with Crippen molar-refractivity contribution in [2.75, 3.05) is 6.61 Å². The molecular weight excluding hydrogens is 202 g/mol. The molecule has 0 saturated carbocycles. The summed E-state index contributed by atoms with van der Waals surface area (Å²) in [5, 5.41) is 0. The Kier molecular flexibility index (Phi) is 3.91. The van der Waals surface area contributed by atoms with E-state index in [2.05, 4.69) is 0 Å². The van der Waals surface area contributed by atoms with Gasteiger partial charge in [0.2, 0.25) is 0 Å². The fourth-order valence-corrected chi connectivity index (χ4v) is 1.24. The van der Waals surface area contributed by atoms with E-state index in [0.29, 0.717) is 6.61 Å². The van der Waals surface area contributed by atoms with Crippen LogP contribution in [0.1, 0.15) is 24.2 Å². The van der Waals surface area contributed by atoms with Gasteiger partial charge in [0.25, 0.3) is 0 Å². The molecule has 0 amide bonds. The van der Waals surface area contributed by atoms with Crippen molar-refractivity contribution in [3.63, 3.8) is 0 Å². The highest BCUT2D eigenvalue weighted by molar-refractivity contribution is 5.99. The van der Waals surface area contributed by atoms with Gasteiger partial charge in [0.15, 0.2) is 17.4 Å². The topological polar surface area (TPSA) is 26.3 Å². The number of ether oxygens (including phenoxy) is 1. The first-order valence-electron chi connectivity index (χ1n) is 4.67. The van der Waals surface area contributed by atoms with Crippen molar-refractivity contribution in [2.24, 2.45) is 0 Å². The van der Waals surface area contributed by atoms with Gasteiger partial charge in [-0.3, -0.25) is 4.79 Å². The van der Waals surface area contributed by atoms with E-state index >= 15 is 0 Å². The number of halogens is 2. The SMILES string of the molecule is CCOC(C)C(=O)c1cccc(F)c1F. The molecule has 1 aromatic rings. The van der Waals surface area contributed by atoms with E-state index in [1.807, 2.05) is 0 Å². The maximum Gasteiger partial charge on any atom is 0.194 e. The van der Waals surface area contributed by atoms with Crippen LogP contribution in [0.25, 0.3) is 0 Å². The molecule has 0 spiro atoms. The summed E-state index contributed by atoms with van der Waals surface area (Å²) in [7, 11) is 0. The molecule has 4 heteroatoms. The van der Waals surface area contributed by atoms with Crippen molar-refractivity contribution in [3.05, 3.63) is 35.4 Å². The van der Waals surface area contributed by atoms with Gasteiger partial charge in [-0.05, 0) is 26.0 Å². The number of ketones is 1. The lowest BCUT2D eigenvalue weighted by atomic mass is 10.1. The molecule has 0 saturated heterocycles. The minimum Gasteiger partial charge on any atom is -0.371 e. The van der Waals surface area contributed by atoms with Gasteiger partial charge in [0, 0.05) is 6.61 Å². The smallest absolute Gasteiger partial charge is 0.194 e. The molecule has 0 aromatic heterocycles. The minimum absolute atomic E-state index is 0.268. The van der Waals surface area contributed by atoms with Gasteiger partial charge in [-0.15, -0.1) is 0 Å².